The normalized spacial score (nSPS) is 17.8. The molecule has 0 amide bonds. The maximum atomic E-state index is 5.93. The van der Waals surface area contributed by atoms with Gasteiger partial charge < -0.3 is 4.74 Å². The highest BCUT2D eigenvalue weighted by Crippen LogP contribution is 2.30. The largest absolute Gasteiger partial charge is 0.477 e. The number of nitrogens with zero attached hydrogens (tertiary/aromatic N) is 4. The van der Waals surface area contributed by atoms with Gasteiger partial charge in [0, 0.05) is 55.3 Å². The van der Waals surface area contributed by atoms with Crippen LogP contribution in [0, 0.1) is 12.8 Å². The molecule has 5 heteroatoms. The van der Waals surface area contributed by atoms with Crippen LogP contribution in [-0.2, 0) is 19.5 Å². The summed E-state index contributed by atoms with van der Waals surface area (Å²) in [6.07, 6.45) is 7.36. The highest BCUT2D eigenvalue weighted by atomic mass is 16.5. The molecule has 0 unspecified atom stereocenters. The monoisotopic (exact) mass is 310 g/mol. The lowest BCUT2D eigenvalue weighted by atomic mass is 10.1. The molecule has 2 aromatic heterocycles. The van der Waals surface area contributed by atoms with Gasteiger partial charge in [0.15, 0.2) is 0 Å². The van der Waals surface area contributed by atoms with Crippen molar-refractivity contribution < 1.29 is 4.74 Å². The number of hydrogen-bond donors (Lipinski definition) is 0. The molecule has 0 radical (unpaired) electrons. The molecule has 0 spiro atoms. The molecule has 4 rings (SSSR count). The van der Waals surface area contributed by atoms with E-state index in [4.69, 9.17) is 4.74 Å². The molecule has 5 nitrogen and oxygen atoms in total. The first-order valence-corrected chi connectivity index (χ1v) is 8.38. The van der Waals surface area contributed by atoms with Crippen LogP contribution < -0.4 is 4.74 Å². The Hall–Kier alpha value is -2.01. The fourth-order valence-corrected chi connectivity index (χ4v) is 3.01. The van der Waals surface area contributed by atoms with Gasteiger partial charge in [-0.15, -0.1) is 0 Å². The van der Waals surface area contributed by atoms with E-state index >= 15 is 0 Å². The van der Waals surface area contributed by atoms with Gasteiger partial charge in [0.05, 0.1) is 6.61 Å². The molecule has 0 N–H and O–H groups in total. The van der Waals surface area contributed by atoms with Crippen molar-refractivity contribution in [2.75, 3.05) is 13.2 Å². The third-order valence-corrected chi connectivity index (χ3v) is 4.53. The Morgan fingerprint density at radius 2 is 2.22 bits per heavy atom. The lowest BCUT2D eigenvalue weighted by Crippen LogP contribution is -2.31. The number of aromatic nitrogens is 3. The van der Waals surface area contributed by atoms with Gasteiger partial charge in [0.1, 0.15) is 5.82 Å². The second-order valence-electron chi connectivity index (χ2n) is 6.57. The summed E-state index contributed by atoms with van der Waals surface area (Å²) in [5.74, 6) is 2.40. The molecule has 0 aromatic carbocycles. The lowest BCUT2D eigenvalue weighted by molar-refractivity contribution is 0.231. The van der Waals surface area contributed by atoms with Crippen LogP contribution >= 0.6 is 0 Å². The fraction of sp³-hybridized carbons (Fsp3) is 0.500. The fourth-order valence-electron chi connectivity index (χ4n) is 3.01. The molecular formula is C18H22N4O. The van der Waals surface area contributed by atoms with Crippen LogP contribution in [-0.4, -0.2) is 33.0 Å². The Bertz CT molecular complexity index is 699. The number of pyridine rings is 1. The third-order valence-electron chi connectivity index (χ3n) is 4.53. The average molecular weight is 310 g/mol. The topological polar surface area (TPSA) is 51.1 Å². The standard InChI is InChI=1S/C18H22N4O/c1-13-20-9-16-11-22(8-6-17(16)21-13)10-15-3-2-7-19-18(15)23-12-14-4-5-14/h2-3,7,9,14H,4-6,8,10-12H2,1H3. The Labute approximate surface area is 136 Å². The predicted octanol–water partition coefficient (Wildman–Crippen LogP) is 2.53. The highest BCUT2D eigenvalue weighted by Gasteiger charge is 2.23. The van der Waals surface area contributed by atoms with Gasteiger partial charge in [0.25, 0.3) is 0 Å². The van der Waals surface area contributed by atoms with Crippen molar-refractivity contribution in [1.29, 1.82) is 0 Å². The van der Waals surface area contributed by atoms with E-state index in [-0.39, 0.29) is 0 Å². The number of ether oxygens (including phenoxy) is 1. The minimum Gasteiger partial charge on any atom is -0.477 e. The van der Waals surface area contributed by atoms with Crippen LogP contribution in [0.4, 0.5) is 0 Å². The molecule has 1 aliphatic carbocycles. The smallest absolute Gasteiger partial charge is 0.217 e. The molecule has 120 valence electrons. The van der Waals surface area contributed by atoms with Crippen LogP contribution in [0.25, 0.3) is 0 Å². The molecule has 0 saturated heterocycles. The maximum absolute atomic E-state index is 5.93. The van der Waals surface area contributed by atoms with Crippen LogP contribution in [0.2, 0.25) is 0 Å². The minimum absolute atomic E-state index is 0.743. The van der Waals surface area contributed by atoms with Crippen LogP contribution in [0.5, 0.6) is 5.88 Å². The van der Waals surface area contributed by atoms with E-state index in [0.29, 0.717) is 0 Å². The van der Waals surface area contributed by atoms with Crippen molar-refractivity contribution >= 4 is 0 Å². The first kappa shape index (κ1) is 14.6. The van der Waals surface area contributed by atoms with E-state index in [1.54, 1.807) is 0 Å². The zero-order valence-electron chi connectivity index (χ0n) is 13.5. The Kier molecular flexibility index (Phi) is 3.95. The van der Waals surface area contributed by atoms with E-state index in [2.05, 4.69) is 25.9 Å². The zero-order valence-corrected chi connectivity index (χ0v) is 13.5. The number of rotatable bonds is 5. The second-order valence-corrected chi connectivity index (χ2v) is 6.57. The molecule has 1 saturated carbocycles. The Morgan fingerprint density at radius 1 is 1.30 bits per heavy atom. The molecular weight excluding hydrogens is 288 g/mol. The molecule has 2 aliphatic rings. The van der Waals surface area contributed by atoms with Gasteiger partial charge in [0.2, 0.25) is 5.88 Å². The summed E-state index contributed by atoms with van der Waals surface area (Å²) >= 11 is 0. The molecule has 0 bridgehead atoms. The molecule has 1 aliphatic heterocycles. The summed E-state index contributed by atoms with van der Waals surface area (Å²) in [4.78, 5) is 15.7. The second kappa shape index (κ2) is 6.24. The van der Waals surface area contributed by atoms with Crippen molar-refractivity contribution in [2.45, 2.75) is 39.3 Å². The van der Waals surface area contributed by atoms with Gasteiger partial charge in [-0.2, -0.15) is 0 Å². The van der Waals surface area contributed by atoms with Gasteiger partial charge >= 0.3 is 0 Å². The number of fused-ring (bicyclic) bond motifs is 1. The summed E-state index contributed by atoms with van der Waals surface area (Å²) in [6.45, 7) is 5.53. The molecule has 0 atom stereocenters. The SMILES string of the molecule is Cc1ncc2c(n1)CCN(Cc1cccnc1OCC1CC1)C2. The van der Waals surface area contributed by atoms with Gasteiger partial charge in [-0.25, -0.2) is 15.0 Å². The predicted molar refractivity (Wildman–Crippen MR) is 87.0 cm³/mol. The first-order valence-electron chi connectivity index (χ1n) is 8.38. The summed E-state index contributed by atoms with van der Waals surface area (Å²) in [5, 5.41) is 0. The van der Waals surface area contributed by atoms with Crippen LogP contribution in [0.1, 0.15) is 35.5 Å². The summed E-state index contributed by atoms with van der Waals surface area (Å²) in [5.41, 5.74) is 3.61. The summed E-state index contributed by atoms with van der Waals surface area (Å²) in [6, 6.07) is 4.11. The van der Waals surface area contributed by atoms with Crippen LogP contribution in [0.15, 0.2) is 24.5 Å². The van der Waals surface area contributed by atoms with Crippen molar-refractivity contribution in [1.82, 2.24) is 19.9 Å². The average Bonchev–Trinajstić information content (AvgIpc) is 3.38. The van der Waals surface area contributed by atoms with E-state index in [0.717, 1.165) is 50.3 Å². The van der Waals surface area contributed by atoms with Crippen LogP contribution in [0.3, 0.4) is 0 Å². The zero-order chi connectivity index (χ0) is 15.6. The molecule has 23 heavy (non-hydrogen) atoms. The lowest BCUT2D eigenvalue weighted by Gasteiger charge is -2.28. The minimum atomic E-state index is 0.743. The molecule has 1 fully saturated rings. The third kappa shape index (κ3) is 3.50. The Balaban J connectivity index is 1.45. The summed E-state index contributed by atoms with van der Waals surface area (Å²) < 4.78 is 5.93. The van der Waals surface area contributed by atoms with Gasteiger partial charge in [-0.05, 0) is 31.7 Å². The molecule has 2 aromatic rings. The van der Waals surface area contributed by atoms with E-state index in [9.17, 15) is 0 Å². The Morgan fingerprint density at radius 3 is 3.09 bits per heavy atom. The number of aryl methyl sites for hydroxylation is 1. The maximum Gasteiger partial charge on any atom is 0.217 e. The quantitative estimate of drug-likeness (QED) is 0.849. The van der Waals surface area contributed by atoms with Crippen molar-refractivity contribution in [3.63, 3.8) is 0 Å². The van der Waals surface area contributed by atoms with Gasteiger partial charge in [-0.3, -0.25) is 4.90 Å². The number of hydrogen-bond acceptors (Lipinski definition) is 5. The first-order chi connectivity index (χ1) is 11.3. The summed E-state index contributed by atoms with van der Waals surface area (Å²) in [7, 11) is 0. The van der Waals surface area contributed by atoms with Crippen molar-refractivity contribution in [3.8, 4) is 5.88 Å². The van der Waals surface area contributed by atoms with Crippen molar-refractivity contribution in [2.24, 2.45) is 5.92 Å². The highest BCUT2D eigenvalue weighted by molar-refractivity contribution is 5.27. The van der Waals surface area contributed by atoms with E-state index < -0.39 is 0 Å². The van der Waals surface area contributed by atoms with Crippen molar-refractivity contribution in [3.05, 3.63) is 47.2 Å². The van der Waals surface area contributed by atoms with E-state index in [1.165, 1.54) is 29.7 Å². The van der Waals surface area contributed by atoms with Gasteiger partial charge in [-0.1, -0.05) is 6.07 Å². The van der Waals surface area contributed by atoms with E-state index in [1.807, 2.05) is 25.4 Å². The molecule has 3 heterocycles.